The number of thiophene rings is 1. The molecule has 35 heavy (non-hydrogen) atoms. The molecule has 0 aliphatic carbocycles. The highest BCUT2D eigenvalue weighted by Gasteiger charge is 2.22. The first-order valence-corrected chi connectivity index (χ1v) is 12.4. The van der Waals surface area contributed by atoms with E-state index in [0.29, 0.717) is 16.2 Å². The molecule has 1 N–H and O–H groups in total. The van der Waals surface area contributed by atoms with E-state index in [-0.39, 0.29) is 25.0 Å². The number of ether oxygens (including phenoxy) is 2. The van der Waals surface area contributed by atoms with Gasteiger partial charge in [-0.15, -0.1) is 11.3 Å². The number of nitrogens with zero attached hydrogens (tertiary/aromatic N) is 1. The van der Waals surface area contributed by atoms with Crippen molar-refractivity contribution in [3.63, 3.8) is 0 Å². The highest BCUT2D eigenvalue weighted by Crippen LogP contribution is 2.36. The zero-order valence-corrected chi connectivity index (χ0v) is 20.4. The molecular weight excluding hydrogens is 464 g/mol. The van der Waals surface area contributed by atoms with Gasteiger partial charge in [0.2, 0.25) is 0 Å². The number of nitrogens with one attached hydrogen (secondary N) is 1. The molecule has 1 aliphatic rings. The summed E-state index contributed by atoms with van der Waals surface area (Å²) in [5, 5.41) is 2.91. The van der Waals surface area contributed by atoms with Crippen LogP contribution in [0.5, 0.6) is 5.75 Å². The smallest absolute Gasteiger partial charge is 0.337 e. The van der Waals surface area contributed by atoms with Gasteiger partial charge in [0.15, 0.2) is 6.61 Å². The molecule has 0 unspecified atom stereocenters. The molecule has 0 saturated carbocycles. The van der Waals surface area contributed by atoms with Gasteiger partial charge in [-0.05, 0) is 48.6 Å². The molecular formula is C27H28N2O5S. The van der Waals surface area contributed by atoms with Crippen LogP contribution < -0.4 is 10.1 Å². The average Bonchev–Trinajstić information content (AvgIpc) is 3.35. The van der Waals surface area contributed by atoms with Gasteiger partial charge >= 0.3 is 5.97 Å². The predicted molar refractivity (Wildman–Crippen MR) is 135 cm³/mol. The topological polar surface area (TPSA) is 84.9 Å². The van der Waals surface area contributed by atoms with E-state index in [1.54, 1.807) is 24.3 Å². The van der Waals surface area contributed by atoms with Gasteiger partial charge in [-0.2, -0.15) is 0 Å². The van der Waals surface area contributed by atoms with Gasteiger partial charge in [0, 0.05) is 24.5 Å². The number of carbonyl (C=O) groups is 3. The third-order valence-electron chi connectivity index (χ3n) is 5.85. The first kappa shape index (κ1) is 24.5. The molecule has 1 fully saturated rings. The van der Waals surface area contributed by atoms with Crippen LogP contribution in [-0.2, 0) is 16.1 Å². The number of methoxy groups -OCH3 is 1. The fourth-order valence-electron chi connectivity index (χ4n) is 3.90. The van der Waals surface area contributed by atoms with Gasteiger partial charge in [-0.25, -0.2) is 4.79 Å². The second kappa shape index (κ2) is 11.7. The van der Waals surface area contributed by atoms with Gasteiger partial charge in [0.1, 0.15) is 10.6 Å². The van der Waals surface area contributed by atoms with Crippen molar-refractivity contribution in [2.75, 3.05) is 26.8 Å². The number of hydrogen-bond donors (Lipinski definition) is 1. The summed E-state index contributed by atoms with van der Waals surface area (Å²) in [7, 11) is 1.33. The van der Waals surface area contributed by atoms with Crippen LogP contribution in [0, 0.1) is 0 Å². The molecule has 1 aromatic heterocycles. The van der Waals surface area contributed by atoms with Crippen molar-refractivity contribution < 1.29 is 23.9 Å². The lowest BCUT2D eigenvalue weighted by atomic mass is 10.1. The Morgan fingerprint density at radius 3 is 2.37 bits per heavy atom. The lowest BCUT2D eigenvalue weighted by Gasteiger charge is -2.26. The van der Waals surface area contributed by atoms with E-state index in [1.807, 2.05) is 41.3 Å². The van der Waals surface area contributed by atoms with Gasteiger partial charge in [-0.3, -0.25) is 9.59 Å². The fourth-order valence-corrected chi connectivity index (χ4v) is 4.92. The molecule has 2 heterocycles. The first-order valence-electron chi connectivity index (χ1n) is 11.6. The molecule has 1 aliphatic heterocycles. The summed E-state index contributed by atoms with van der Waals surface area (Å²) >= 11 is 1.33. The van der Waals surface area contributed by atoms with Crippen molar-refractivity contribution in [2.45, 2.75) is 25.8 Å². The van der Waals surface area contributed by atoms with E-state index >= 15 is 0 Å². The van der Waals surface area contributed by atoms with Crippen molar-refractivity contribution in [1.82, 2.24) is 10.2 Å². The van der Waals surface area contributed by atoms with E-state index in [2.05, 4.69) is 5.32 Å². The number of carbonyl (C=O) groups excluding carboxylic acids is 3. The van der Waals surface area contributed by atoms with Crippen LogP contribution in [0.3, 0.4) is 0 Å². The molecule has 8 heteroatoms. The number of piperidine rings is 1. The Balaban J connectivity index is 1.47. The maximum atomic E-state index is 13.1. The third kappa shape index (κ3) is 6.27. The second-order valence-electron chi connectivity index (χ2n) is 8.27. The van der Waals surface area contributed by atoms with Gasteiger partial charge < -0.3 is 19.7 Å². The lowest BCUT2D eigenvalue weighted by molar-refractivity contribution is -0.134. The van der Waals surface area contributed by atoms with Crippen LogP contribution >= 0.6 is 11.3 Å². The first-order chi connectivity index (χ1) is 17.0. The number of benzene rings is 2. The molecule has 0 radical (unpaired) electrons. The van der Waals surface area contributed by atoms with Gasteiger partial charge in [0.05, 0.1) is 12.7 Å². The molecule has 0 bridgehead atoms. The van der Waals surface area contributed by atoms with Crippen LogP contribution in [0.1, 0.15) is 44.9 Å². The SMILES string of the molecule is COC(=O)c1ccc(CNC(=O)c2sc(-c3ccccc3)cc2OCC(=O)N2CCCCC2)cc1. The number of amides is 2. The lowest BCUT2D eigenvalue weighted by Crippen LogP contribution is -2.38. The summed E-state index contributed by atoms with van der Waals surface area (Å²) in [6.07, 6.45) is 3.17. The van der Waals surface area contributed by atoms with Crippen molar-refractivity contribution in [3.8, 4) is 16.2 Å². The monoisotopic (exact) mass is 492 g/mol. The zero-order chi connectivity index (χ0) is 24.6. The Morgan fingerprint density at radius 1 is 0.971 bits per heavy atom. The predicted octanol–water partition coefficient (Wildman–Crippen LogP) is 4.52. The van der Waals surface area contributed by atoms with Gasteiger partial charge in [0.25, 0.3) is 11.8 Å². The standard InChI is InChI=1S/C27H28N2O5S/c1-33-27(32)21-12-10-19(11-13-21)17-28-26(31)25-22(16-23(35-25)20-8-4-2-5-9-20)34-18-24(30)29-14-6-3-7-15-29/h2,4-5,8-13,16H,3,6-7,14-15,17-18H2,1H3,(H,28,31). The van der Waals surface area contributed by atoms with Crippen molar-refractivity contribution >= 4 is 29.1 Å². The fraction of sp³-hybridized carbons (Fsp3) is 0.296. The Kier molecular flexibility index (Phi) is 8.15. The zero-order valence-electron chi connectivity index (χ0n) is 19.6. The number of esters is 1. The summed E-state index contributed by atoms with van der Waals surface area (Å²) in [4.78, 5) is 40.5. The molecule has 4 rings (SSSR count). The maximum absolute atomic E-state index is 13.1. The maximum Gasteiger partial charge on any atom is 0.337 e. The average molecular weight is 493 g/mol. The Bertz CT molecular complexity index is 1170. The van der Waals surface area contributed by atoms with Crippen molar-refractivity contribution in [1.29, 1.82) is 0 Å². The summed E-state index contributed by atoms with van der Waals surface area (Å²) in [6, 6.07) is 18.4. The van der Waals surface area contributed by atoms with Crippen LogP contribution in [0.4, 0.5) is 0 Å². The summed E-state index contributed by atoms with van der Waals surface area (Å²) in [5.74, 6) is -0.352. The Labute approximate surface area is 208 Å². The van der Waals surface area contributed by atoms with Crippen LogP contribution in [0.15, 0.2) is 60.7 Å². The van der Waals surface area contributed by atoms with Crippen molar-refractivity contribution in [3.05, 3.63) is 76.7 Å². The van der Waals surface area contributed by atoms with Gasteiger partial charge in [-0.1, -0.05) is 42.5 Å². The molecule has 3 aromatic rings. The van der Waals surface area contributed by atoms with E-state index in [4.69, 9.17) is 9.47 Å². The van der Waals surface area contributed by atoms with Crippen molar-refractivity contribution in [2.24, 2.45) is 0 Å². The minimum absolute atomic E-state index is 0.0609. The summed E-state index contributed by atoms with van der Waals surface area (Å²) in [6.45, 7) is 1.69. The summed E-state index contributed by atoms with van der Waals surface area (Å²) in [5.41, 5.74) is 2.26. The Morgan fingerprint density at radius 2 is 1.69 bits per heavy atom. The quantitative estimate of drug-likeness (QED) is 0.467. The van der Waals surface area contributed by atoms with Crippen LogP contribution in [0.2, 0.25) is 0 Å². The Hall–Kier alpha value is -3.65. The highest BCUT2D eigenvalue weighted by atomic mass is 32.1. The van der Waals surface area contributed by atoms with E-state index in [9.17, 15) is 14.4 Å². The minimum atomic E-state index is -0.409. The van der Waals surface area contributed by atoms with E-state index in [1.165, 1.54) is 18.4 Å². The number of likely N-dealkylation sites (tertiary alicyclic amines) is 1. The van der Waals surface area contributed by atoms with E-state index in [0.717, 1.165) is 48.4 Å². The number of hydrogen-bond acceptors (Lipinski definition) is 6. The molecule has 1 saturated heterocycles. The molecule has 182 valence electrons. The normalized spacial score (nSPS) is 13.2. The molecule has 0 spiro atoms. The molecule has 2 aromatic carbocycles. The molecule has 7 nitrogen and oxygen atoms in total. The molecule has 2 amide bonds. The van der Waals surface area contributed by atoms with Crippen LogP contribution in [0.25, 0.3) is 10.4 Å². The highest BCUT2D eigenvalue weighted by molar-refractivity contribution is 7.17. The largest absolute Gasteiger partial charge is 0.482 e. The minimum Gasteiger partial charge on any atom is -0.482 e. The summed E-state index contributed by atoms with van der Waals surface area (Å²) < 4.78 is 10.6. The molecule has 0 atom stereocenters. The van der Waals surface area contributed by atoms with E-state index < -0.39 is 5.97 Å². The second-order valence-corrected chi connectivity index (χ2v) is 9.32. The third-order valence-corrected chi connectivity index (χ3v) is 7.01. The van der Waals surface area contributed by atoms with Crippen LogP contribution in [-0.4, -0.2) is 49.5 Å². The number of rotatable bonds is 8.